The van der Waals surface area contributed by atoms with Crippen molar-refractivity contribution < 1.29 is 4.79 Å². The molecule has 0 radical (unpaired) electrons. The van der Waals surface area contributed by atoms with E-state index in [4.69, 9.17) is 18.0 Å². The molecule has 108 valence electrons. The van der Waals surface area contributed by atoms with Crippen LogP contribution in [0.15, 0.2) is 36.4 Å². The number of aromatic nitrogens is 2. The summed E-state index contributed by atoms with van der Waals surface area (Å²) in [5.74, 6) is 0.312. The SMILES string of the molecule is CNC(=O)c1ccc(N(C)c2ccccc2C(N)=S)nn1. The summed E-state index contributed by atoms with van der Waals surface area (Å²) in [5.41, 5.74) is 7.57. The van der Waals surface area contributed by atoms with Crippen molar-refractivity contribution in [3.63, 3.8) is 0 Å². The molecular formula is C14H15N5OS. The minimum Gasteiger partial charge on any atom is -0.389 e. The van der Waals surface area contributed by atoms with Crippen LogP contribution in [0.4, 0.5) is 11.5 Å². The van der Waals surface area contributed by atoms with E-state index in [-0.39, 0.29) is 11.6 Å². The predicted octanol–water partition coefficient (Wildman–Crippen LogP) is 1.24. The second-order valence-electron chi connectivity index (χ2n) is 4.30. The van der Waals surface area contributed by atoms with Crippen molar-refractivity contribution in [2.45, 2.75) is 0 Å². The summed E-state index contributed by atoms with van der Waals surface area (Å²) in [7, 11) is 3.38. The zero-order valence-corrected chi connectivity index (χ0v) is 12.5. The highest BCUT2D eigenvalue weighted by atomic mass is 32.1. The van der Waals surface area contributed by atoms with Crippen LogP contribution in [0, 0.1) is 0 Å². The Morgan fingerprint density at radius 1 is 1.24 bits per heavy atom. The molecule has 0 aliphatic heterocycles. The molecule has 2 rings (SSSR count). The van der Waals surface area contributed by atoms with Crippen molar-refractivity contribution in [1.82, 2.24) is 15.5 Å². The molecule has 0 aliphatic rings. The Morgan fingerprint density at radius 3 is 2.52 bits per heavy atom. The van der Waals surface area contributed by atoms with Gasteiger partial charge in [0.1, 0.15) is 4.99 Å². The highest BCUT2D eigenvalue weighted by molar-refractivity contribution is 7.80. The van der Waals surface area contributed by atoms with Gasteiger partial charge in [0.05, 0.1) is 5.69 Å². The lowest BCUT2D eigenvalue weighted by Gasteiger charge is -2.20. The molecule has 0 saturated carbocycles. The van der Waals surface area contributed by atoms with E-state index >= 15 is 0 Å². The number of carbonyl (C=O) groups is 1. The van der Waals surface area contributed by atoms with Gasteiger partial charge in [-0.2, -0.15) is 0 Å². The number of thiocarbonyl (C=S) groups is 1. The number of nitrogens with one attached hydrogen (secondary N) is 1. The first-order valence-corrected chi connectivity index (χ1v) is 6.63. The van der Waals surface area contributed by atoms with Crippen LogP contribution in [0.3, 0.4) is 0 Å². The number of para-hydroxylation sites is 1. The molecule has 0 unspecified atom stereocenters. The molecule has 2 aromatic rings. The quantitative estimate of drug-likeness (QED) is 0.827. The maximum atomic E-state index is 11.4. The Hall–Kier alpha value is -2.54. The van der Waals surface area contributed by atoms with Crippen molar-refractivity contribution >= 4 is 34.6 Å². The van der Waals surface area contributed by atoms with Gasteiger partial charge in [-0.3, -0.25) is 4.79 Å². The Balaban J connectivity index is 2.34. The van der Waals surface area contributed by atoms with Gasteiger partial charge in [-0.15, -0.1) is 10.2 Å². The molecule has 1 amide bonds. The van der Waals surface area contributed by atoms with Gasteiger partial charge in [0.15, 0.2) is 11.5 Å². The Kier molecular flexibility index (Phi) is 4.44. The van der Waals surface area contributed by atoms with Crippen LogP contribution in [-0.4, -0.2) is 35.2 Å². The van der Waals surface area contributed by atoms with Crippen LogP contribution in [-0.2, 0) is 0 Å². The number of carbonyl (C=O) groups excluding carboxylic acids is 1. The van der Waals surface area contributed by atoms with Gasteiger partial charge in [0.2, 0.25) is 0 Å². The third-order valence-electron chi connectivity index (χ3n) is 2.98. The fraction of sp³-hybridized carbons (Fsp3) is 0.143. The lowest BCUT2D eigenvalue weighted by Crippen LogP contribution is -2.21. The number of nitrogens with zero attached hydrogens (tertiary/aromatic N) is 3. The third-order valence-corrected chi connectivity index (χ3v) is 3.20. The van der Waals surface area contributed by atoms with Gasteiger partial charge >= 0.3 is 0 Å². The van der Waals surface area contributed by atoms with Gasteiger partial charge in [0.25, 0.3) is 5.91 Å². The molecule has 0 bridgehead atoms. The molecule has 0 aliphatic carbocycles. The van der Waals surface area contributed by atoms with Gasteiger partial charge in [-0.1, -0.05) is 24.4 Å². The molecule has 3 N–H and O–H groups in total. The highest BCUT2D eigenvalue weighted by Crippen LogP contribution is 2.25. The Labute approximate surface area is 128 Å². The van der Waals surface area contributed by atoms with Crippen molar-refractivity contribution in [3.8, 4) is 0 Å². The second-order valence-corrected chi connectivity index (χ2v) is 4.74. The lowest BCUT2D eigenvalue weighted by atomic mass is 10.1. The zero-order chi connectivity index (χ0) is 15.4. The molecule has 1 aromatic carbocycles. The summed E-state index contributed by atoms with van der Waals surface area (Å²) in [6.45, 7) is 0. The highest BCUT2D eigenvalue weighted by Gasteiger charge is 2.13. The van der Waals surface area contributed by atoms with Gasteiger partial charge < -0.3 is 16.0 Å². The van der Waals surface area contributed by atoms with Crippen LogP contribution < -0.4 is 16.0 Å². The molecule has 0 fully saturated rings. The maximum absolute atomic E-state index is 11.4. The van der Waals surface area contributed by atoms with Gasteiger partial charge in [-0.05, 0) is 24.3 Å². The largest absolute Gasteiger partial charge is 0.389 e. The molecule has 0 saturated heterocycles. The van der Waals surface area contributed by atoms with E-state index in [9.17, 15) is 4.79 Å². The number of rotatable bonds is 4. The number of anilines is 2. The van der Waals surface area contributed by atoms with E-state index in [0.717, 1.165) is 11.3 Å². The smallest absolute Gasteiger partial charge is 0.271 e. The number of nitrogens with two attached hydrogens (primary N) is 1. The minimum absolute atomic E-state index is 0.261. The lowest BCUT2D eigenvalue weighted by molar-refractivity contribution is 0.0957. The summed E-state index contributed by atoms with van der Waals surface area (Å²) in [6, 6.07) is 10.8. The average Bonchev–Trinajstić information content (AvgIpc) is 2.53. The third kappa shape index (κ3) is 3.14. The molecule has 1 heterocycles. The topological polar surface area (TPSA) is 84.1 Å². The zero-order valence-electron chi connectivity index (χ0n) is 11.7. The molecule has 6 nitrogen and oxygen atoms in total. The van der Waals surface area contributed by atoms with Crippen LogP contribution in [0.25, 0.3) is 0 Å². The standard InChI is InChI=1S/C14H15N5OS/c1-16-14(20)10-7-8-12(18-17-10)19(2)11-6-4-3-5-9(11)13(15)21/h3-8H,1-2H3,(H2,15,21)(H,16,20). The Morgan fingerprint density at radius 2 is 1.95 bits per heavy atom. The summed E-state index contributed by atoms with van der Waals surface area (Å²) < 4.78 is 0. The maximum Gasteiger partial charge on any atom is 0.271 e. The van der Waals surface area contributed by atoms with E-state index in [1.165, 1.54) is 0 Å². The van der Waals surface area contributed by atoms with Crippen LogP contribution in [0.2, 0.25) is 0 Å². The molecule has 21 heavy (non-hydrogen) atoms. The van der Waals surface area contributed by atoms with Crippen LogP contribution in [0.5, 0.6) is 0 Å². The number of hydrogen-bond donors (Lipinski definition) is 2. The molecule has 1 aromatic heterocycles. The molecule has 0 atom stereocenters. The van der Waals surface area contributed by atoms with E-state index in [1.807, 2.05) is 36.2 Å². The van der Waals surface area contributed by atoms with Crippen molar-refractivity contribution in [3.05, 3.63) is 47.7 Å². The number of hydrogen-bond acceptors (Lipinski definition) is 5. The normalized spacial score (nSPS) is 10.0. The van der Waals surface area contributed by atoms with Crippen molar-refractivity contribution in [2.75, 3.05) is 19.0 Å². The Bertz CT molecular complexity index is 671. The first kappa shape index (κ1) is 14.9. The van der Waals surface area contributed by atoms with Gasteiger partial charge in [0, 0.05) is 19.7 Å². The van der Waals surface area contributed by atoms with Crippen molar-refractivity contribution in [2.24, 2.45) is 5.73 Å². The summed E-state index contributed by atoms with van der Waals surface area (Å²) in [5, 5.41) is 10.5. The summed E-state index contributed by atoms with van der Waals surface area (Å²) in [6.07, 6.45) is 0. The number of amides is 1. The predicted molar refractivity (Wildman–Crippen MR) is 85.8 cm³/mol. The first-order valence-electron chi connectivity index (χ1n) is 6.23. The monoisotopic (exact) mass is 301 g/mol. The van der Waals surface area contributed by atoms with Crippen LogP contribution >= 0.6 is 12.2 Å². The van der Waals surface area contributed by atoms with E-state index < -0.39 is 0 Å². The first-order chi connectivity index (χ1) is 10.0. The molecular weight excluding hydrogens is 286 g/mol. The summed E-state index contributed by atoms with van der Waals surface area (Å²) >= 11 is 5.05. The fourth-order valence-corrected chi connectivity index (χ4v) is 2.02. The van der Waals surface area contributed by atoms with E-state index in [1.54, 1.807) is 19.2 Å². The molecule has 0 spiro atoms. The molecule has 7 heteroatoms. The fourth-order valence-electron chi connectivity index (χ4n) is 1.85. The average molecular weight is 301 g/mol. The minimum atomic E-state index is -0.278. The van der Waals surface area contributed by atoms with Crippen molar-refractivity contribution in [1.29, 1.82) is 0 Å². The van der Waals surface area contributed by atoms with E-state index in [2.05, 4.69) is 15.5 Å². The summed E-state index contributed by atoms with van der Waals surface area (Å²) in [4.78, 5) is 13.6. The number of benzene rings is 1. The van der Waals surface area contributed by atoms with Crippen LogP contribution in [0.1, 0.15) is 16.1 Å². The second kappa shape index (κ2) is 6.27. The van der Waals surface area contributed by atoms with Gasteiger partial charge in [-0.25, -0.2) is 0 Å². The van der Waals surface area contributed by atoms with E-state index in [0.29, 0.717) is 10.8 Å².